The number of benzene rings is 2. The highest BCUT2D eigenvalue weighted by Gasteiger charge is 2.14. The standard InChI is InChI=1S/C17H15N5O3S/c18-22-15(11-5-2-1-3-6-11)20-21-17(22)26-10-14(23)19-13-8-4-7-12(9-13)16(24)25/h1-9H,10,18H2,(H,19,23)(H,24,25). The van der Waals surface area contributed by atoms with Crippen molar-refractivity contribution in [1.29, 1.82) is 0 Å². The topological polar surface area (TPSA) is 123 Å². The van der Waals surface area contributed by atoms with E-state index >= 15 is 0 Å². The molecule has 4 N–H and O–H groups in total. The van der Waals surface area contributed by atoms with Gasteiger partial charge in [-0.2, -0.15) is 0 Å². The number of carbonyl (C=O) groups excluding carboxylic acids is 1. The highest BCUT2D eigenvalue weighted by atomic mass is 32.2. The first-order valence-electron chi connectivity index (χ1n) is 7.56. The quantitative estimate of drug-likeness (QED) is 0.449. The van der Waals surface area contributed by atoms with Crippen molar-refractivity contribution in [2.75, 3.05) is 16.9 Å². The number of carboxylic acid groups (broad SMARTS) is 1. The molecule has 1 amide bonds. The molecule has 0 bridgehead atoms. The molecule has 0 aliphatic heterocycles. The summed E-state index contributed by atoms with van der Waals surface area (Å²) >= 11 is 1.14. The number of amides is 1. The molecule has 3 rings (SSSR count). The lowest BCUT2D eigenvalue weighted by atomic mass is 10.2. The number of rotatable bonds is 6. The van der Waals surface area contributed by atoms with E-state index in [0.29, 0.717) is 16.7 Å². The molecule has 0 spiro atoms. The molecule has 1 aromatic heterocycles. The molecule has 0 atom stereocenters. The minimum atomic E-state index is -1.06. The number of nitrogen functional groups attached to an aromatic ring is 1. The minimum absolute atomic E-state index is 0.0570. The molecule has 132 valence electrons. The lowest BCUT2D eigenvalue weighted by Crippen LogP contribution is -2.16. The highest BCUT2D eigenvalue weighted by molar-refractivity contribution is 7.99. The van der Waals surface area contributed by atoms with Crippen LogP contribution in [0.15, 0.2) is 59.8 Å². The summed E-state index contributed by atoms with van der Waals surface area (Å²) < 4.78 is 1.33. The third kappa shape index (κ3) is 4.01. The van der Waals surface area contributed by atoms with Gasteiger partial charge in [-0.05, 0) is 18.2 Å². The van der Waals surface area contributed by atoms with Crippen LogP contribution in [0.1, 0.15) is 10.4 Å². The van der Waals surface area contributed by atoms with E-state index in [1.807, 2.05) is 30.3 Å². The number of nitrogens with one attached hydrogen (secondary N) is 1. The Morgan fingerprint density at radius 2 is 1.88 bits per heavy atom. The molecule has 0 radical (unpaired) electrons. The molecule has 0 saturated carbocycles. The van der Waals surface area contributed by atoms with E-state index in [9.17, 15) is 9.59 Å². The Bertz CT molecular complexity index is 943. The molecule has 8 nitrogen and oxygen atoms in total. The monoisotopic (exact) mass is 369 g/mol. The summed E-state index contributed by atoms with van der Waals surface area (Å²) in [5.74, 6) is 5.20. The fourth-order valence-electron chi connectivity index (χ4n) is 2.22. The predicted molar refractivity (Wildman–Crippen MR) is 98.4 cm³/mol. The molecule has 0 fully saturated rings. The van der Waals surface area contributed by atoms with Gasteiger partial charge in [0.2, 0.25) is 11.1 Å². The van der Waals surface area contributed by atoms with E-state index in [-0.39, 0.29) is 17.2 Å². The summed E-state index contributed by atoms with van der Waals surface area (Å²) in [4.78, 5) is 23.0. The van der Waals surface area contributed by atoms with Gasteiger partial charge < -0.3 is 16.3 Å². The van der Waals surface area contributed by atoms with Gasteiger partial charge in [0.05, 0.1) is 11.3 Å². The van der Waals surface area contributed by atoms with E-state index in [2.05, 4.69) is 15.5 Å². The summed E-state index contributed by atoms with van der Waals surface area (Å²) in [7, 11) is 0. The second kappa shape index (κ2) is 7.70. The van der Waals surface area contributed by atoms with Gasteiger partial charge in [0.1, 0.15) is 0 Å². The van der Waals surface area contributed by atoms with Crippen LogP contribution in [0.5, 0.6) is 0 Å². The Morgan fingerprint density at radius 3 is 2.62 bits per heavy atom. The van der Waals surface area contributed by atoms with Gasteiger partial charge in [-0.15, -0.1) is 10.2 Å². The van der Waals surface area contributed by atoms with Gasteiger partial charge in [-0.1, -0.05) is 48.2 Å². The summed E-state index contributed by atoms with van der Waals surface area (Å²) in [6.07, 6.45) is 0. The first-order valence-corrected chi connectivity index (χ1v) is 8.55. The van der Waals surface area contributed by atoms with Crippen molar-refractivity contribution >= 4 is 29.3 Å². The Balaban J connectivity index is 1.63. The second-order valence-corrected chi connectivity index (χ2v) is 6.21. The number of carboxylic acids is 1. The third-order valence-electron chi connectivity index (χ3n) is 3.42. The fraction of sp³-hybridized carbons (Fsp3) is 0.0588. The molecule has 0 saturated heterocycles. The van der Waals surface area contributed by atoms with Crippen molar-refractivity contribution < 1.29 is 14.7 Å². The summed E-state index contributed by atoms with van der Waals surface area (Å²) in [5, 5.41) is 20.1. The number of nitrogens with two attached hydrogens (primary N) is 1. The van der Waals surface area contributed by atoms with E-state index in [4.69, 9.17) is 10.9 Å². The van der Waals surface area contributed by atoms with Crippen LogP contribution >= 0.6 is 11.8 Å². The van der Waals surface area contributed by atoms with Gasteiger partial charge in [-0.3, -0.25) is 4.79 Å². The van der Waals surface area contributed by atoms with Crippen molar-refractivity contribution in [3.05, 3.63) is 60.2 Å². The normalized spacial score (nSPS) is 10.5. The molecule has 0 aliphatic carbocycles. The van der Waals surface area contributed by atoms with Crippen LogP contribution in [0, 0.1) is 0 Å². The van der Waals surface area contributed by atoms with E-state index < -0.39 is 5.97 Å². The molecule has 9 heteroatoms. The maximum atomic E-state index is 12.1. The largest absolute Gasteiger partial charge is 0.478 e. The van der Waals surface area contributed by atoms with Crippen molar-refractivity contribution in [2.45, 2.75) is 5.16 Å². The molecule has 26 heavy (non-hydrogen) atoms. The van der Waals surface area contributed by atoms with Gasteiger partial charge in [-0.25, -0.2) is 9.47 Å². The predicted octanol–water partition coefficient (Wildman–Crippen LogP) is 2.09. The number of carbonyl (C=O) groups is 2. The van der Waals surface area contributed by atoms with Gasteiger partial charge in [0, 0.05) is 11.3 Å². The summed E-state index contributed by atoms with van der Waals surface area (Å²) in [6, 6.07) is 15.4. The average Bonchev–Trinajstić information content (AvgIpc) is 3.01. The van der Waals surface area contributed by atoms with Crippen LogP contribution in [0.3, 0.4) is 0 Å². The molecule has 3 aromatic rings. The average molecular weight is 369 g/mol. The number of hydrogen-bond acceptors (Lipinski definition) is 6. The fourth-order valence-corrected chi connectivity index (χ4v) is 2.87. The molecule has 0 aliphatic rings. The van der Waals surface area contributed by atoms with Crippen LogP contribution in [-0.4, -0.2) is 37.6 Å². The van der Waals surface area contributed by atoms with Crippen molar-refractivity contribution in [2.24, 2.45) is 0 Å². The van der Waals surface area contributed by atoms with E-state index in [1.165, 1.54) is 16.8 Å². The van der Waals surface area contributed by atoms with E-state index in [1.54, 1.807) is 12.1 Å². The number of nitrogens with zero attached hydrogens (tertiary/aromatic N) is 3. The second-order valence-electron chi connectivity index (χ2n) is 5.27. The zero-order valence-electron chi connectivity index (χ0n) is 13.5. The zero-order chi connectivity index (χ0) is 18.5. The smallest absolute Gasteiger partial charge is 0.335 e. The molecule has 2 aromatic carbocycles. The van der Waals surface area contributed by atoms with Crippen molar-refractivity contribution in [1.82, 2.24) is 14.9 Å². The maximum absolute atomic E-state index is 12.1. The molecular weight excluding hydrogens is 354 g/mol. The van der Waals surface area contributed by atoms with Crippen LogP contribution in [0.25, 0.3) is 11.4 Å². The lowest BCUT2D eigenvalue weighted by molar-refractivity contribution is -0.113. The number of aromatic nitrogens is 3. The molecule has 0 unspecified atom stereocenters. The zero-order valence-corrected chi connectivity index (χ0v) is 14.3. The number of anilines is 1. The number of thioether (sulfide) groups is 1. The SMILES string of the molecule is Nn1c(SCC(=O)Nc2cccc(C(=O)O)c2)nnc1-c1ccccc1. The van der Waals surface area contributed by atoms with E-state index in [0.717, 1.165) is 17.3 Å². The van der Waals surface area contributed by atoms with Crippen LogP contribution < -0.4 is 11.2 Å². The lowest BCUT2D eigenvalue weighted by Gasteiger charge is -2.06. The highest BCUT2D eigenvalue weighted by Crippen LogP contribution is 2.21. The number of aromatic carboxylic acids is 1. The van der Waals surface area contributed by atoms with Gasteiger partial charge in [0.15, 0.2) is 5.82 Å². The van der Waals surface area contributed by atoms with Crippen LogP contribution in [0.4, 0.5) is 5.69 Å². The molecule has 1 heterocycles. The Labute approximate surface area is 153 Å². The molecular formula is C17H15N5O3S. The van der Waals surface area contributed by atoms with Crippen LogP contribution in [-0.2, 0) is 4.79 Å². The third-order valence-corrected chi connectivity index (χ3v) is 4.37. The first-order chi connectivity index (χ1) is 12.5. The van der Waals surface area contributed by atoms with Crippen molar-refractivity contribution in [3.8, 4) is 11.4 Å². The summed E-state index contributed by atoms with van der Waals surface area (Å²) in [5.41, 5.74) is 1.34. The minimum Gasteiger partial charge on any atom is -0.478 e. The Hall–Kier alpha value is -3.33. The van der Waals surface area contributed by atoms with Gasteiger partial charge >= 0.3 is 5.97 Å². The van der Waals surface area contributed by atoms with Gasteiger partial charge in [0.25, 0.3) is 0 Å². The maximum Gasteiger partial charge on any atom is 0.335 e. The Morgan fingerprint density at radius 1 is 1.12 bits per heavy atom. The van der Waals surface area contributed by atoms with Crippen molar-refractivity contribution in [3.63, 3.8) is 0 Å². The Kier molecular flexibility index (Phi) is 5.18. The first kappa shape index (κ1) is 17.5. The van der Waals surface area contributed by atoms with Crippen LogP contribution in [0.2, 0.25) is 0 Å². The number of hydrogen-bond donors (Lipinski definition) is 3. The summed E-state index contributed by atoms with van der Waals surface area (Å²) in [6.45, 7) is 0.